The molecule has 0 aromatic rings. The fourth-order valence-corrected chi connectivity index (χ4v) is 8.92. The van der Waals surface area contributed by atoms with E-state index in [0.29, 0.717) is 0 Å². The van der Waals surface area contributed by atoms with Crippen LogP contribution in [0.15, 0.2) is 0 Å². The lowest BCUT2D eigenvalue weighted by atomic mass is 10.4. The van der Waals surface area contributed by atoms with E-state index in [-0.39, 0.29) is 0 Å². The van der Waals surface area contributed by atoms with Gasteiger partial charge in [-0.25, -0.2) is 0 Å². The summed E-state index contributed by atoms with van der Waals surface area (Å²) in [5.74, 6) is 0. The molecule has 0 amide bonds. The Kier molecular flexibility index (Phi) is 6.73. The highest BCUT2D eigenvalue weighted by molar-refractivity contribution is 6.77. The molecule has 1 rings (SSSR count). The molecule has 0 radical (unpaired) electrons. The minimum atomic E-state index is -1.44. The van der Waals surface area contributed by atoms with Gasteiger partial charge in [0, 0.05) is 39.5 Å². The lowest BCUT2D eigenvalue weighted by Gasteiger charge is -2.46. The third kappa shape index (κ3) is 4.39. The summed E-state index contributed by atoms with van der Waals surface area (Å²) in [6.07, 6.45) is 1.19. The maximum atomic E-state index is 5.69. The second-order valence-corrected chi connectivity index (χ2v) is 16.0. The fraction of sp³-hybridized carbons (Fsp3) is 1.00. The fourth-order valence-electron chi connectivity index (χ4n) is 3.40. The third-order valence-corrected chi connectivity index (χ3v) is 13.2. The van der Waals surface area contributed by atoms with Crippen molar-refractivity contribution in [1.82, 2.24) is 9.47 Å². The van der Waals surface area contributed by atoms with E-state index in [1.165, 1.54) is 50.5 Å². The summed E-state index contributed by atoms with van der Waals surface area (Å²) in [5.41, 5.74) is 0. The van der Waals surface area contributed by atoms with Gasteiger partial charge in [0.25, 0.3) is 0 Å². The van der Waals surface area contributed by atoms with Gasteiger partial charge in [-0.15, -0.1) is 0 Å². The standard InChI is InChI=1S/C14H34N2OSi2/c1-7-19(8-2,9-3)16-12-10-15(11-13-16)14-18(5,6)17-4/h7-14H2,1-6H3. The van der Waals surface area contributed by atoms with Gasteiger partial charge in [-0.3, -0.25) is 0 Å². The third-order valence-electron chi connectivity index (χ3n) is 5.17. The van der Waals surface area contributed by atoms with Gasteiger partial charge in [-0.2, -0.15) is 0 Å². The monoisotopic (exact) mass is 302 g/mol. The van der Waals surface area contributed by atoms with Crippen LogP contribution < -0.4 is 0 Å². The second kappa shape index (κ2) is 7.36. The van der Waals surface area contributed by atoms with E-state index in [9.17, 15) is 0 Å². The molecule has 3 nitrogen and oxygen atoms in total. The molecule has 0 atom stereocenters. The topological polar surface area (TPSA) is 15.7 Å². The average molecular weight is 303 g/mol. The Morgan fingerprint density at radius 1 is 0.895 bits per heavy atom. The molecular formula is C14H34N2OSi2. The molecule has 1 aliphatic heterocycles. The smallest absolute Gasteiger partial charge is 0.199 e. The van der Waals surface area contributed by atoms with Gasteiger partial charge in [-0.05, 0) is 31.2 Å². The maximum Gasteiger partial charge on any atom is 0.199 e. The Bertz CT molecular complexity index is 254. The van der Waals surface area contributed by atoms with Crippen LogP contribution in [-0.2, 0) is 4.43 Å². The summed E-state index contributed by atoms with van der Waals surface area (Å²) in [6, 6.07) is 4.24. The lowest BCUT2D eigenvalue weighted by molar-refractivity contribution is 0.194. The van der Waals surface area contributed by atoms with Gasteiger partial charge < -0.3 is 13.9 Å². The molecule has 1 aliphatic rings. The van der Waals surface area contributed by atoms with E-state index < -0.39 is 16.6 Å². The van der Waals surface area contributed by atoms with Crippen molar-refractivity contribution in [3.8, 4) is 0 Å². The van der Waals surface area contributed by atoms with Gasteiger partial charge in [0.2, 0.25) is 0 Å². The number of nitrogens with zero attached hydrogens (tertiary/aromatic N) is 2. The summed E-state index contributed by atoms with van der Waals surface area (Å²) in [6.45, 7) is 16.9. The van der Waals surface area contributed by atoms with Gasteiger partial charge >= 0.3 is 0 Å². The summed E-state index contributed by atoms with van der Waals surface area (Å²) in [5, 5.41) is 0. The Morgan fingerprint density at radius 3 is 1.74 bits per heavy atom. The van der Waals surface area contributed by atoms with E-state index in [0.717, 1.165) is 0 Å². The Hall–Kier alpha value is 0.314. The van der Waals surface area contributed by atoms with Crippen molar-refractivity contribution >= 4 is 16.6 Å². The SMILES string of the molecule is CC[Si](CC)(CC)N1CCN(C[Si](C)(C)OC)CC1. The molecule has 0 aromatic heterocycles. The lowest BCUT2D eigenvalue weighted by Crippen LogP contribution is -2.61. The van der Waals surface area contributed by atoms with Crippen LogP contribution in [0.25, 0.3) is 0 Å². The van der Waals surface area contributed by atoms with Crippen LogP contribution in [0.5, 0.6) is 0 Å². The molecule has 114 valence electrons. The molecule has 0 saturated carbocycles. The van der Waals surface area contributed by atoms with E-state index >= 15 is 0 Å². The molecule has 1 heterocycles. The van der Waals surface area contributed by atoms with Crippen molar-refractivity contribution in [3.63, 3.8) is 0 Å². The predicted molar refractivity (Wildman–Crippen MR) is 89.7 cm³/mol. The Balaban J connectivity index is 2.53. The van der Waals surface area contributed by atoms with Crippen molar-refractivity contribution in [3.05, 3.63) is 0 Å². The normalized spacial score (nSPS) is 19.9. The van der Waals surface area contributed by atoms with E-state index in [1.807, 2.05) is 7.11 Å². The summed E-state index contributed by atoms with van der Waals surface area (Å²) in [7, 11) is -0.684. The van der Waals surface area contributed by atoms with Crippen LogP contribution >= 0.6 is 0 Å². The minimum absolute atomic E-state index is 1.13. The highest BCUT2D eigenvalue weighted by Gasteiger charge is 2.37. The number of piperazine rings is 1. The molecule has 1 saturated heterocycles. The second-order valence-electron chi connectivity index (χ2n) is 6.51. The highest BCUT2D eigenvalue weighted by Crippen LogP contribution is 2.26. The van der Waals surface area contributed by atoms with Crippen molar-refractivity contribution in [1.29, 1.82) is 0 Å². The molecule has 0 spiro atoms. The van der Waals surface area contributed by atoms with Gasteiger partial charge in [-0.1, -0.05) is 20.8 Å². The zero-order chi connectivity index (χ0) is 14.5. The molecule has 0 aromatic carbocycles. The quantitative estimate of drug-likeness (QED) is 0.672. The van der Waals surface area contributed by atoms with Gasteiger partial charge in [0.15, 0.2) is 8.32 Å². The van der Waals surface area contributed by atoms with Crippen LogP contribution in [0.3, 0.4) is 0 Å². The van der Waals surface area contributed by atoms with Crippen molar-refractivity contribution in [2.45, 2.75) is 52.0 Å². The number of rotatable bonds is 7. The minimum Gasteiger partial charge on any atom is -0.419 e. The van der Waals surface area contributed by atoms with Crippen LogP contribution in [0, 0.1) is 0 Å². The van der Waals surface area contributed by atoms with Crippen LogP contribution in [-0.4, -0.2) is 65.5 Å². The Labute approximate surface area is 122 Å². The molecule has 5 heteroatoms. The summed E-state index contributed by atoms with van der Waals surface area (Å²) >= 11 is 0. The largest absolute Gasteiger partial charge is 0.419 e. The van der Waals surface area contributed by atoms with Crippen LogP contribution in [0.1, 0.15) is 20.8 Å². The average Bonchev–Trinajstić information content (AvgIpc) is 2.43. The zero-order valence-electron chi connectivity index (χ0n) is 14.0. The summed E-state index contributed by atoms with van der Waals surface area (Å²) < 4.78 is 8.57. The van der Waals surface area contributed by atoms with E-state index in [1.54, 1.807) is 0 Å². The molecule has 1 fully saturated rings. The van der Waals surface area contributed by atoms with Gasteiger partial charge in [0.1, 0.15) is 8.24 Å². The Morgan fingerprint density at radius 2 is 1.37 bits per heavy atom. The van der Waals surface area contributed by atoms with E-state index in [4.69, 9.17) is 4.43 Å². The van der Waals surface area contributed by atoms with Crippen LogP contribution in [0.4, 0.5) is 0 Å². The first-order valence-corrected chi connectivity index (χ1v) is 13.6. The van der Waals surface area contributed by atoms with Gasteiger partial charge in [0.05, 0.1) is 0 Å². The van der Waals surface area contributed by atoms with Crippen molar-refractivity contribution < 1.29 is 4.43 Å². The summed E-state index contributed by atoms with van der Waals surface area (Å²) in [4.78, 5) is 2.63. The molecule has 0 N–H and O–H groups in total. The molecule has 0 bridgehead atoms. The van der Waals surface area contributed by atoms with Crippen molar-refractivity contribution in [2.24, 2.45) is 0 Å². The van der Waals surface area contributed by atoms with Crippen LogP contribution in [0.2, 0.25) is 31.2 Å². The molecule has 0 aliphatic carbocycles. The first-order valence-electron chi connectivity index (χ1n) is 7.95. The number of hydrogen-bond donors (Lipinski definition) is 0. The molecule has 0 unspecified atom stereocenters. The first kappa shape index (κ1) is 17.4. The van der Waals surface area contributed by atoms with Crippen molar-refractivity contribution in [2.75, 3.05) is 39.5 Å². The maximum absolute atomic E-state index is 5.69. The highest BCUT2D eigenvalue weighted by atomic mass is 28.4. The number of hydrogen-bond acceptors (Lipinski definition) is 3. The predicted octanol–water partition coefficient (Wildman–Crippen LogP) is 3.00. The molecular weight excluding hydrogens is 268 g/mol. The first-order chi connectivity index (χ1) is 8.93. The molecule has 19 heavy (non-hydrogen) atoms. The zero-order valence-corrected chi connectivity index (χ0v) is 16.0. The van der Waals surface area contributed by atoms with E-state index in [2.05, 4.69) is 43.3 Å².